The zero-order chi connectivity index (χ0) is 13.1. The summed E-state index contributed by atoms with van der Waals surface area (Å²) in [7, 11) is 0. The van der Waals surface area contributed by atoms with E-state index in [1.54, 1.807) is 4.90 Å². The van der Waals surface area contributed by atoms with Crippen molar-refractivity contribution in [2.75, 3.05) is 4.90 Å². The molecule has 0 aromatic heterocycles. The van der Waals surface area contributed by atoms with Crippen molar-refractivity contribution in [1.29, 1.82) is 5.41 Å². The van der Waals surface area contributed by atoms with Gasteiger partial charge in [-0.25, -0.2) is 0 Å². The molecule has 0 saturated carbocycles. The number of nitrogens with two attached hydrogens (primary N) is 1. The summed E-state index contributed by atoms with van der Waals surface area (Å²) in [6.45, 7) is 0. The molecule has 0 bridgehead atoms. The Bertz CT molecular complexity index is 538. The van der Waals surface area contributed by atoms with Crippen molar-refractivity contribution in [2.45, 2.75) is 0 Å². The highest BCUT2D eigenvalue weighted by molar-refractivity contribution is 14.1. The third-order valence-corrected chi connectivity index (χ3v) is 4.25. The van der Waals surface area contributed by atoms with E-state index in [-0.39, 0.29) is 5.96 Å². The second kappa shape index (κ2) is 5.87. The van der Waals surface area contributed by atoms with Crippen LogP contribution in [0.2, 0.25) is 0 Å². The van der Waals surface area contributed by atoms with Crippen LogP contribution in [0.25, 0.3) is 0 Å². The highest BCUT2D eigenvalue weighted by atomic mass is 127. The standard InChI is InChI=1S/C13H11I2N3/c14-9-5-1-3-7-11(9)18(13(16)17)12-8-4-2-6-10(12)15/h1-8H,(H3,16,17). The quantitative estimate of drug-likeness (QED) is 0.403. The fraction of sp³-hybridized carbons (Fsp3) is 0. The van der Waals surface area contributed by atoms with Crippen LogP contribution in [0.4, 0.5) is 11.4 Å². The number of anilines is 2. The van der Waals surface area contributed by atoms with Gasteiger partial charge in [0.1, 0.15) is 0 Å². The fourth-order valence-electron chi connectivity index (χ4n) is 1.66. The van der Waals surface area contributed by atoms with Crippen LogP contribution < -0.4 is 10.6 Å². The first-order chi connectivity index (χ1) is 8.61. The zero-order valence-electron chi connectivity index (χ0n) is 9.40. The molecule has 0 spiro atoms. The van der Waals surface area contributed by atoms with Gasteiger partial charge in [-0.15, -0.1) is 0 Å². The van der Waals surface area contributed by atoms with Crippen LogP contribution in [0.3, 0.4) is 0 Å². The van der Waals surface area contributed by atoms with Gasteiger partial charge in [0.25, 0.3) is 0 Å². The number of hydrogen-bond acceptors (Lipinski definition) is 1. The summed E-state index contributed by atoms with van der Waals surface area (Å²) in [5.74, 6) is 0.0169. The lowest BCUT2D eigenvalue weighted by Crippen LogP contribution is -2.33. The highest BCUT2D eigenvalue weighted by Gasteiger charge is 2.16. The van der Waals surface area contributed by atoms with Gasteiger partial charge >= 0.3 is 0 Å². The van der Waals surface area contributed by atoms with E-state index >= 15 is 0 Å². The minimum Gasteiger partial charge on any atom is -0.369 e. The van der Waals surface area contributed by atoms with E-state index in [0.29, 0.717) is 0 Å². The highest BCUT2D eigenvalue weighted by Crippen LogP contribution is 2.32. The van der Waals surface area contributed by atoms with Gasteiger partial charge in [0.2, 0.25) is 0 Å². The average molecular weight is 463 g/mol. The molecular weight excluding hydrogens is 452 g/mol. The summed E-state index contributed by atoms with van der Waals surface area (Å²) in [5, 5.41) is 7.82. The van der Waals surface area contributed by atoms with E-state index in [4.69, 9.17) is 11.1 Å². The normalized spacial score (nSPS) is 10.1. The lowest BCUT2D eigenvalue weighted by Gasteiger charge is -2.25. The number of rotatable bonds is 2. The van der Waals surface area contributed by atoms with Gasteiger partial charge < -0.3 is 5.73 Å². The van der Waals surface area contributed by atoms with Crippen LogP contribution in [0, 0.1) is 12.5 Å². The summed E-state index contributed by atoms with van der Waals surface area (Å²) in [6.07, 6.45) is 0. The maximum absolute atomic E-state index is 7.82. The molecule has 0 aliphatic heterocycles. The number of nitrogens with zero attached hydrogens (tertiary/aromatic N) is 1. The molecule has 2 rings (SSSR count). The van der Waals surface area contributed by atoms with Crippen LogP contribution in [0.5, 0.6) is 0 Å². The van der Waals surface area contributed by atoms with Crippen LogP contribution in [-0.2, 0) is 0 Å². The zero-order valence-corrected chi connectivity index (χ0v) is 13.7. The van der Waals surface area contributed by atoms with Gasteiger partial charge in [-0.3, -0.25) is 10.3 Å². The lowest BCUT2D eigenvalue weighted by molar-refractivity contribution is 1.24. The maximum Gasteiger partial charge on any atom is 0.197 e. The van der Waals surface area contributed by atoms with Crippen molar-refractivity contribution in [3.63, 3.8) is 0 Å². The number of para-hydroxylation sites is 2. The molecule has 0 saturated heterocycles. The first-order valence-electron chi connectivity index (χ1n) is 5.24. The third-order valence-electron chi connectivity index (χ3n) is 2.43. The van der Waals surface area contributed by atoms with Crippen molar-refractivity contribution in [3.05, 3.63) is 55.7 Å². The molecule has 92 valence electrons. The fourth-order valence-corrected chi connectivity index (χ4v) is 2.91. The molecule has 0 aliphatic rings. The van der Waals surface area contributed by atoms with E-state index in [1.807, 2.05) is 48.5 Å². The Morgan fingerprint density at radius 1 is 0.889 bits per heavy atom. The molecule has 18 heavy (non-hydrogen) atoms. The monoisotopic (exact) mass is 463 g/mol. The molecule has 0 aliphatic carbocycles. The van der Waals surface area contributed by atoms with Gasteiger partial charge in [0.15, 0.2) is 5.96 Å². The molecule has 0 radical (unpaired) electrons. The van der Waals surface area contributed by atoms with Crippen molar-refractivity contribution in [3.8, 4) is 0 Å². The average Bonchev–Trinajstić information content (AvgIpc) is 2.34. The Morgan fingerprint density at radius 3 is 1.61 bits per heavy atom. The van der Waals surface area contributed by atoms with E-state index in [1.165, 1.54) is 0 Å². The number of halogens is 2. The molecular formula is C13H11I2N3. The minimum atomic E-state index is 0.0169. The predicted molar refractivity (Wildman–Crippen MR) is 92.4 cm³/mol. The number of benzene rings is 2. The predicted octanol–water partition coefficient (Wildman–Crippen LogP) is 3.93. The van der Waals surface area contributed by atoms with Crippen molar-refractivity contribution in [1.82, 2.24) is 0 Å². The van der Waals surface area contributed by atoms with Crippen LogP contribution in [-0.4, -0.2) is 5.96 Å². The maximum atomic E-state index is 7.82. The summed E-state index contributed by atoms with van der Waals surface area (Å²) in [6, 6.07) is 15.8. The van der Waals surface area contributed by atoms with Gasteiger partial charge in [0.05, 0.1) is 11.4 Å². The summed E-state index contributed by atoms with van der Waals surface area (Å²) in [5.41, 5.74) is 7.59. The van der Waals surface area contributed by atoms with Crippen LogP contribution in [0.15, 0.2) is 48.5 Å². The Labute approximate surface area is 133 Å². The van der Waals surface area contributed by atoms with Crippen molar-refractivity contribution >= 4 is 62.5 Å². The Balaban J connectivity index is 2.58. The van der Waals surface area contributed by atoms with E-state index < -0.39 is 0 Å². The first-order valence-corrected chi connectivity index (χ1v) is 7.40. The summed E-state index contributed by atoms with van der Waals surface area (Å²) < 4.78 is 2.12. The second-order valence-electron chi connectivity index (χ2n) is 3.62. The lowest BCUT2D eigenvalue weighted by atomic mass is 10.2. The molecule has 0 atom stereocenters. The van der Waals surface area contributed by atoms with E-state index in [2.05, 4.69) is 45.2 Å². The van der Waals surface area contributed by atoms with Crippen LogP contribution >= 0.6 is 45.2 Å². The Hall–Kier alpha value is -0.830. The van der Waals surface area contributed by atoms with Gasteiger partial charge in [0, 0.05) is 7.14 Å². The van der Waals surface area contributed by atoms with Crippen LogP contribution in [0.1, 0.15) is 0 Å². The molecule has 0 unspecified atom stereocenters. The number of guanidine groups is 1. The van der Waals surface area contributed by atoms with Gasteiger partial charge in [-0.2, -0.15) is 0 Å². The van der Waals surface area contributed by atoms with Crippen molar-refractivity contribution < 1.29 is 0 Å². The van der Waals surface area contributed by atoms with Gasteiger partial charge in [-0.1, -0.05) is 24.3 Å². The first kappa shape index (κ1) is 13.6. The molecule has 0 heterocycles. The topological polar surface area (TPSA) is 53.1 Å². The van der Waals surface area contributed by atoms with Crippen molar-refractivity contribution in [2.24, 2.45) is 5.73 Å². The van der Waals surface area contributed by atoms with Gasteiger partial charge in [-0.05, 0) is 69.4 Å². The smallest absolute Gasteiger partial charge is 0.197 e. The number of hydrogen-bond donors (Lipinski definition) is 2. The van der Waals surface area contributed by atoms with E-state index in [0.717, 1.165) is 18.5 Å². The molecule has 2 aromatic rings. The molecule has 5 heteroatoms. The molecule has 0 amide bonds. The molecule has 3 nitrogen and oxygen atoms in total. The summed E-state index contributed by atoms with van der Waals surface area (Å²) in [4.78, 5) is 1.75. The number of nitrogens with one attached hydrogen (secondary N) is 1. The second-order valence-corrected chi connectivity index (χ2v) is 5.95. The third kappa shape index (κ3) is 2.77. The molecule has 0 fully saturated rings. The Morgan fingerprint density at radius 2 is 1.28 bits per heavy atom. The van der Waals surface area contributed by atoms with E-state index in [9.17, 15) is 0 Å². The Kier molecular flexibility index (Phi) is 4.44. The largest absolute Gasteiger partial charge is 0.369 e. The SMILES string of the molecule is N=C(N)N(c1ccccc1I)c1ccccc1I. The summed E-state index contributed by atoms with van der Waals surface area (Å²) >= 11 is 4.50. The minimum absolute atomic E-state index is 0.0169. The molecule has 2 aromatic carbocycles. The molecule has 3 N–H and O–H groups in total.